The second-order valence-electron chi connectivity index (χ2n) is 5.24. The number of hydrogen-bond donors (Lipinski definition) is 1. The van der Waals surface area contributed by atoms with Crippen LogP contribution in [0.15, 0.2) is 11.1 Å². The summed E-state index contributed by atoms with van der Waals surface area (Å²) in [6, 6.07) is 0.0344. The fraction of sp³-hybridized carbons (Fsp3) is 0.769. The van der Waals surface area contributed by atoms with Crippen LogP contribution in [0.4, 0.5) is 0 Å². The molecule has 2 rings (SSSR count). The second-order valence-corrected chi connectivity index (χ2v) is 6.92. The quantitative estimate of drug-likeness (QED) is 0.880. The van der Waals surface area contributed by atoms with Gasteiger partial charge in [0.15, 0.2) is 0 Å². The fourth-order valence-corrected chi connectivity index (χ4v) is 4.14. The van der Waals surface area contributed by atoms with Crippen molar-refractivity contribution >= 4 is 10.0 Å². The van der Waals surface area contributed by atoms with Crippen LogP contribution in [0.1, 0.15) is 32.4 Å². The van der Waals surface area contributed by atoms with Crippen LogP contribution in [0.5, 0.6) is 0 Å². The maximum atomic E-state index is 12.4. The summed E-state index contributed by atoms with van der Waals surface area (Å²) in [5.41, 5.74) is 0.700. The molecule has 1 aromatic rings. The Morgan fingerprint density at radius 3 is 2.45 bits per heavy atom. The molecule has 6 nitrogen and oxygen atoms in total. The molecule has 0 unspecified atom stereocenters. The van der Waals surface area contributed by atoms with E-state index in [0.717, 1.165) is 32.5 Å². The highest BCUT2D eigenvalue weighted by Crippen LogP contribution is 2.17. The average Bonchev–Trinajstić information content (AvgIpc) is 2.81. The lowest BCUT2D eigenvalue weighted by molar-refractivity contribution is 0.217. The normalized spacial score (nSPS) is 18.6. The SMILES string of the molecule is CCN1CCC(NS(=O)(=O)c2cnn(CC)c2C)CC1. The number of hydrogen-bond acceptors (Lipinski definition) is 4. The third kappa shape index (κ3) is 3.21. The highest BCUT2D eigenvalue weighted by molar-refractivity contribution is 7.89. The van der Waals surface area contributed by atoms with Crippen molar-refractivity contribution in [2.75, 3.05) is 19.6 Å². The molecule has 0 saturated carbocycles. The summed E-state index contributed by atoms with van der Waals surface area (Å²) in [6.45, 7) is 9.49. The third-order valence-corrected chi connectivity index (χ3v) is 5.63. The number of nitrogens with one attached hydrogen (secondary N) is 1. The van der Waals surface area contributed by atoms with Crippen LogP contribution in [0.3, 0.4) is 0 Å². The molecule has 0 bridgehead atoms. The Hall–Kier alpha value is -0.920. The van der Waals surface area contributed by atoms with Crippen LogP contribution < -0.4 is 4.72 Å². The minimum atomic E-state index is -3.46. The molecule has 1 saturated heterocycles. The van der Waals surface area contributed by atoms with E-state index in [0.29, 0.717) is 17.1 Å². The molecule has 0 amide bonds. The molecular formula is C13H24N4O2S. The predicted molar refractivity (Wildman–Crippen MR) is 78.1 cm³/mol. The number of nitrogens with zero attached hydrogens (tertiary/aromatic N) is 3. The van der Waals surface area contributed by atoms with E-state index in [1.165, 1.54) is 6.20 Å². The van der Waals surface area contributed by atoms with Gasteiger partial charge in [-0.1, -0.05) is 6.92 Å². The summed E-state index contributed by atoms with van der Waals surface area (Å²) in [4.78, 5) is 2.64. The van der Waals surface area contributed by atoms with Gasteiger partial charge in [-0.15, -0.1) is 0 Å². The summed E-state index contributed by atoms with van der Waals surface area (Å²) in [5, 5.41) is 4.11. The van der Waals surface area contributed by atoms with Crippen molar-refractivity contribution in [2.45, 2.75) is 51.1 Å². The zero-order valence-corrected chi connectivity index (χ0v) is 13.3. The van der Waals surface area contributed by atoms with Crippen LogP contribution in [0, 0.1) is 6.92 Å². The van der Waals surface area contributed by atoms with E-state index < -0.39 is 10.0 Å². The van der Waals surface area contributed by atoms with Crippen LogP contribution in [0.25, 0.3) is 0 Å². The molecule has 0 aromatic carbocycles. The van der Waals surface area contributed by atoms with E-state index in [4.69, 9.17) is 0 Å². The Balaban J connectivity index is 2.06. The number of aryl methyl sites for hydroxylation is 1. The Kier molecular flexibility index (Phi) is 4.82. The molecule has 1 aliphatic rings. The van der Waals surface area contributed by atoms with Gasteiger partial charge in [-0.05, 0) is 46.3 Å². The lowest BCUT2D eigenvalue weighted by Gasteiger charge is -2.31. The number of aromatic nitrogens is 2. The van der Waals surface area contributed by atoms with Gasteiger partial charge >= 0.3 is 0 Å². The van der Waals surface area contributed by atoms with Gasteiger partial charge in [0.1, 0.15) is 4.90 Å². The lowest BCUT2D eigenvalue weighted by Crippen LogP contribution is -2.44. The molecule has 7 heteroatoms. The highest BCUT2D eigenvalue weighted by Gasteiger charge is 2.26. The van der Waals surface area contributed by atoms with E-state index in [9.17, 15) is 8.42 Å². The number of likely N-dealkylation sites (tertiary alicyclic amines) is 1. The summed E-state index contributed by atoms with van der Waals surface area (Å²) >= 11 is 0. The molecule has 20 heavy (non-hydrogen) atoms. The Labute approximate surface area is 121 Å². The van der Waals surface area contributed by atoms with Gasteiger partial charge in [-0.25, -0.2) is 13.1 Å². The minimum Gasteiger partial charge on any atom is -0.303 e. The first-order chi connectivity index (χ1) is 9.47. The van der Waals surface area contributed by atoms with E-state index in [2.05, 4.69) is 21.6 Å². The monoisotopic (exact) mass is 300 g/mol. The molecule has 0 spiro atoms. The maximum Gasteiger partial charge on any atom is 0.244 e. The summed E-state index contributed by atoms with van der Waals surface area (Å²) in [6.07, 6.45) is 3.18. The van der Waals surface area contributed by atoms with Crippen LogP contribution >= 0.6 is 0 Å². The standard InChI is InChI=1S/C13H24N4O2S/c1-4-16-8-6-12(7-9-16)15-20(18,19)13-10-14-17(5-2)11(13)3/h10,12,15H,4-9H2,1-3H3. The van der Waals surface area contributed by atoms with Crippen LogP contribution in [0.2, 0.25) is 0 Å². The molecule has 0 aliphatic carbocycles. The van der Waals surface area contributed by atoms with Crippen molar-refractivity contribution in [3.05, 3.63) is 11.9 Å². The maximum absolute atomic E-state index is 12.4. The van der Waals surface area contributed by atoms with Gasteiger partial charge in [0, 0.05) is 12.6 Å². The highest BCUT2D eigenvalue weighted by atomic mass is 32.2. The fourth-order valence-electron chi connectivity index (χ4n) is 2.66. The smallest absolute Gasteiger partial charge is 0.244 e. The van der Waals surface area contributed by atoms with Crippen molar-refractivity contribution < 1.29 is 8.42 Å². The van der Waals surface area contributed by atoms with E-state index >= 15 is 0 Å². The van der Waals surface area contributed by atoms with E-state index in [-0.39, 0.29) is 6.04 Å². The molecule has 0 radical (unpaired) electrons. The molecule has 1 aliphatic heterocycles. The zero-order chi connectivity index (χ0) is 14.8. The number of rotatable bonds is 5. The second kappa shape index (κ2) is 6.24. The molecular weight excluding hydrogens is 276 g/mol. The molecule has 1 fully saturated rings. The minimum absolute atomic E-state index is 0.0344. The van der Waals surface area contributed by atoms with Gasteiger partial charge < -0.3 is 4.90 Å². The first-order valence-corrected chi connectivity index (χ1v) is 8.73. The van der Waals surface area contributed by atoms with Gasteiger partial charge in [0.05, 0.1) is 11.9 Å². The van der Waals surface area contributed by atoms with Crippen LogP contribution in [-0.2, 0) is 16.6 Å². The first-order valence-electron chi connectivity index (χ1n) is 7.25. The molecule has 114 valence electrons. The van der Waals surface area contributed by atoms with Crippen molar-refractivity contribution in [2.24, 2.45) is 0 Å². The topological polar surface area (TPSA) is 67.2 Å². The van der Waals surface area contributed by atoms with Gasteiger partial charge in [0.25, 0.3) is 0 Å². The van der Waals surface area contributed by atoms with E-state index in [1.54, 1.807) is 11.6 Å². The van der Waals surface area contributed by atoms with Crippen molar-refractivity contribution in [3.8, 4) is 0 Å². The Morgan fingerprint density at radius 1 is 1.30 bits per heavy atom. The first kappa shape index (κ1) is 15.5. The Morgan fingerprint density at radius 2 is 1.95 bits per heavy atom. The van der Waals surface area contributed by atoms with Crippen molar-refractivity contribution in [3.63, 3.8) is 0 Å². The summed E-state index contributed by atoms with van der Waals surface area (Å²) < 4.78 is 29.4. The average molecular weight is 300 g/mol. The van der Waals surface area contributed by atoms with Gasteiger partial charge in [-0.3, -0.25) is 4.68 Å². The predicted octanol–water partition coefficient (Wildman–Crippen LogP) is 0.974. The van der Waals surface area contributed by atoms with Gasteiger partial charge in [-0.2, -0.15) is 5.10 Å². The summed E-state index contributed by atoms with van der Waals surface area (Å²) in [5.74, 6) is 0. The van der Waals surface area contributed by atoms with Gasteiger partial charge in [0.2, 0.25) is 10.0 Å². The largest absolute Gasteiger partial charge is 0.303 e. The van der Waals surface area contributed by atoms with Crippen LogP contribution in [-0.4, -0.2) is 48.8 Å². The number of sulfonamides is 1. The summed E-state index contributed by atoms with van der Waals surface area (Å²) in [7, 11) is -3.46. The molecule has 1 N–H and O–H groups in total. The van der Waals surface area contributed by atoms with Crippen molar-refractivity contribution in [1.82, 2.24) is 19.4 Å². The zero-order valence-electron chi connectivity index (χ0n) is 12.5. The lowest BCUT2D eigenvalue weighted by atomic mass is 10.1. The molecule has 1 aromatic heterocycles. The van der Waals surface area contributed by atoms with Crippen molar-refractivity contribution in [1.29, 1.82) is 0 Å². The Bertz CT molecular complexity index is 545. The third-order valence-electron chi connectivity index (χ3n) is 4.00. The van der Waals surface area contributed by atoms with E-state index in [1.807, 2.05) is 6.92 Å². The number of piperidine rings is 1. The molecule has 2 heterocycles. The molecule has 0 atom stereocenters.